The highest BCUT2D eigenvalue weighted by Gasteiger charge is 2.52. The Labute approximate surface area is 111 Å². The van der Waals surface area contributed by atoms with E-state index in [1.807, 2.05) is 30.3 Å². The van der Waals surface area contributed by atoms with Crippen LogP contribution in [-0.2, 0) is 11.3 Å². The van der Waals surface area contributed by atoms with E-state index in [1.165, 1.54) is 4.90 Å². The number of amides is 1. The molecule has 0 bridgehead atoms. The molecule has 0 radical (unpaired) electrons. The smallest absolute Gasteiger partial charge is 0.410 e. The molecule has 19 heavy (non-hydrogen) atoms. The van der Waals surface area contributed by atoms with Gasteiger partial charge in [0.25, 0.3) is 0 Å². The molecule has 2 heterocycles. The molecule has 102 valence electrons. The van der Waals surface area contributed by atoms with Gasteiger partial charge in [0.15, 0.2) is 0 Å². The second-order valence-electron chi connectivity index (χ2n) is 5.35. The number of alkyl halides is 1. The molecule has 1 amide bonds. The van der Waals surface area contributed by atoms with Crippen LogP contribution in [0.4, 0.5) is 9.18 Å². The minimum absolute atomic E-state index is 0.148. The Bertz CT molecular complexity index is 462. The van der Waals surface area contributed by atoms with Crippen molar-refractivity contribution in [3.05, 3.63) is 35.9 Å². The van der Waals surface area contributed by atoms with E-state index in [0.717, 1.165) is 5.56 Å². The SMILES string of the molecule is O=C(OCc1ccccc1)N1CC(F)C2(CNC2)C1. The molecule has 0 aliphatic carbocycles. The third-order valence-corrected chi connectivity index (χ3v) is 3.97. The first-order valence-corrected chi connectivity index (χ1v) is 6.50. The van der Waals surface area contributed by atoms with E-state index >= 15 is 0 Å². The summed E-state index contributed by atoms with van der Waals surface area (Å²) in [5.41, 5.74) is 0.568. The van der Waals surface area contributed by atoms with Crippen molar-refractivity contribution >= 4 is 6.09 Å². The van der Waals surface area contributed by atoms with E-state index < -0.39 is 12.3 Å². The molecular formula is C14H17FN2O2. The summed E-state index contributed by atoms with van der Waals surface area (Å²) in [6, 6.07) is 9.49. The number of rotatable bonds is 2. The minimum Gasteiger partial charge on any atom is -0.445 e. The Balaban J connectivity index is 1.54. The van der Waals surface area contributed by atoms with Crippen LogP contribution in [-0.4, -0.2) is 43.3 Å². The fourth-order valence-electron chi connectivity index (χ4n) is 2.66. The number of hydrogen-bond acceptors (Lipinski definition) is 3. The van der Waals surface area contributed by atoms with E-state index in [-0.39, 0.29) is 18.6 Å². The van der Waals surface area contributed by atoms with Gasteiger partial charge in [0.05, 0.1) is 6.54 Å². The summed E-state index contributed by atoms with van der Waals surface area (Å²) in [5, 5.41) is 3.07. The molecule has 1 N–H and O–H groups in total. The Morgan fingerprint density at radius 3 is 2.74 bits per heavy atom. The van der Waals surface area contributed by atoms with Gasteiger partial charge >= 0.3 is 6.09 Å². The highest BCUT2D eigenvalue weighted by Crippen LogP contribution is 2.36. The lowest BCUT2D eigenvalue weighted by atomic mass is 9.80. The molecule has 1 aromatic rings. The molecule has 2 aliphatic heterocycles. The van der Waals surface area contributed by atoms with Crippen molar-refractivity contribution in [2.24, 2.45) is 5.41 Å². The average Bonchev–Trinajstić information content (AvgIpc) is 2.75. The Hall–Kier alpha value is -1.62. The van der Waals surface area contributed by atoms with Crippen molar-refractivity contribution in [1.29, 1.82) is 0 Å². The van der Waals surface area contributed by atoms with Crippen molar-refractivity contribution in [2.45, 2.75) is 12.8 Å². The van der Waals surface area contributed by atoms with Crippen LogP contribution in [0.5, 0.6) is 0 Å². The van der Waals surface area contributed by atoms with E-state index in [0.29, 0.717) is 19.6 Å². The van der Waals surface area contributed by atoms with Gasteiger partial charge in [0.2, 0.25) is 0 Å². The van der Waals surface area contributed by atoms with Gasteiger partial charge in [-0.2, -0.15) is 0 Å². The zero-order valence-electron chi connectivity index (χ0n) is 10.6. The quantitative estimate of drug-likeness (QED) is 0.881. The maximum atomic E-state index is 13.9. The fraction of sp³-hybridized carbons (Fsp3) is 0.500. The van der Waals surface area contributed by atoms with Crippen molar-refractivity contribution in [3.8, 4) is 0 Å². The monoisotopic (exact) mass is 264 g/mol. The molecular weight excluding hydrogens is 247 g/mol. The molecule has 2 saturated heterocycles. The van der Waals surface area contributed by atoms with Gasteiger partial charge in [-0.15, -0.1) is 0 Å². The molecule has 2 aliphatic rings. The summed E-state index contributed by atoms with van der Waals surface area (Å²) in [6.07, 6.45) is -1.37. The van der Waals surface area contributed by atoms with E-state index in [2.05, 4.69) is 5.32 Å². The Morgan fingerprint density at radius 1 is 1.42 bits per heavy atom. The first-order chi connectivity index (χ1) is 9.20. The van der Waals surface area contributed by atoms with Crippen molar-refractivity contribution in [2.75, 3.05) is 26.2 Å². The van der Waals surface area contributed by atoms with E-state index in [1.54, 1.807) is 0 Å². The number of ether oxygens (including phenoxy) is 1. The number of carbonyl (C=O) groups is 1. The minimum atomic E-state index is -0.946. The predicted molar refractivity (Wildman–Crippen MR) is 68.4 cm³/mol. The number of hydrogen-bond donors (Lipinski definition) is 1. The third-order valence-electron chi connectivity index (χ3n) is 3.97. The first-order valence-electron chi connectivity index (χ1n) is 6.50. The van der Waals surface area contributed by atoms with Crippen LogP contribution >= 0.6 is 0 Å². The van der Waals surface area contributed by atoms with E-state index in [9.17, 15) is 9.18 Å². The Kier molecular flexibility index (Phi) is 3.14. The van der Waals surface area contributed by atoms with Crippen LogP contribution in [0, 0.1) is 5.41 Å². The summed E-state index contributed by atoms with van der Waals surface area (Å²) >= 11 is 0. The highest BCUT2D eigenvalue weighted by molar-refractivity contribution is 5.68. The molecule has 1 aromatic carbocycles. The van der Waals surface area contributed by atoms with Crippen LogP contribution < -0.4 is 5.32 Å². The maximum absolute atomic E-state index is 13.9. The molecule has 3 rings (SSSR count). The number of halogens is 1. The second kappa shape index (κ2) is 4.81. The summed E-state index contributed by atoms with van der Waals surface area (Å²) in [5.74, 6) is 0. The largest absolute Gasteiger partial charge is 0.445 e. The van der Waals surface area contributed by atoms with Gasteiger partial charge in [0.1, 0.15) is 12.8 Å². The number of benzene rings is 1. The van der Waals surface area contributed by atoms with Gasteiger partial charge in [-0.05, 0) is 5.56 Å². The van der Waals surface area contributed by atoms with Crippen LogP contribution in [0.3, 0.4) is 0 Å². The number of likely N-dealkylation sites (tertiary alicyclic amines) is 1. The number of carbonyl (C=O) groups excluding carboxylic acids is 1. The van der Waals surface area contributed by atoms with Crippen molar-refractivity contribution in [1.82, 2.24) is 10.2 Å². The molecule has 1 spiro atoms. The zero-order valence-corrected chi connectivity index (χ0v) is 10.6. The normalized spacial score (nSPS) is 24.3. The maximum Gasteiger partial charge on any atom is 0.410 e. The summed E-state index contributed by atoms with van der Waals surface area (Å²) in [4.78, 5) is 13.4. The topological polar surface area (TPSA) is 41.6 Å². The molecule has 2 fully saturated rings. The second-order valence-corrected chi connectivity index (χ2v) is 5.35. The molecule has 4 nitrogen and oxygen atoms in total. The summed E-state index contributed by atoms with van der Waals surface area (Å²) in [6.45, 7) is 2.13. The average molecular weight is 264 g/mol. The van der Waals surface area contributed by atoms with Crippen LogP contribution in [0.1, 0.15) is 5.56 Å². The van der Waals surface area contributed by atoms with Gasteiger partial charge < -0.3 is 15.0 Å². The lowest BCUT2D eigenvalue weighted by Crippen LogP contribution is -2.59. The third kappa shape index (κ3) is 2.30. The molecule has 0 aromatic heterocycles. The van der Waals surface area contributed by atoms with Crippen molar-refractivity contribution < 1.29 is 13.9 Å². The number of nitrogens with zero attached hydrogens (tertiary/aromatic N) is 1. The highest BCUT2D eigenvalue weighted by atomic mass is 19.1. The summed E-state index contributed by atoms with van der Waals surface area (Å²) in [7, 11) is 0. The molecule has 0 saturated carbocycles. The van der Waals surface area contributed by atoms with Gasteiger partial charge in [0, 0.05) is 25.0 Å². The predicted octanol–water partition coefficient (Wildman–Crippen LogP) is 1.57. The standard InChI is InChI=1S/C14H17FN2O2/c15-12-6-17(10-14(12)8-16-9-14)13(18)19-7-11-4-2-1-3-5-11/h1-5,12,16H,6-10H2. The van der Waals surface area contributed by atoms with Gasteiger partial charge in [-0.1, -0.05) is 30.3 Å². The van der Waals surface area contributed by atoms with Crippen LogP contribution in [0.25, 0.3) is 0 Å². The first kappa shape index (κ1) is 12.4. The molecule has 1 atom stereocenters. The van der Waals surface area contributed by atoms with Crippen LogP contribution in [0.2, 0.25) is 0 Å². The van der Waals surface area contributed by atoms with Gasteiger partial charge in [-0.25, -0.2) is 9.18 Å². The molecule has 1 unspecified atom stereocenters. The van der Waals surface area contributed by atoms with E-state index in [4.69, 9.17) is 4.74 Å². The summed E-state index contributed by atoms with van der Waals surface area (Å²) < 4.78 is 19.1. The Morgan fingerprint density at radius 2 is 2.16 bits per heavy atom. The van der Waals surface area contributed by atoms with Crippen LogP contribution in [0.15, 0.2) is 30.3 Å². The molecule has 5 heteroatoms. The number of nitrogens with one attached hydrogen (secondary N) is 1. The fourth-order valence-corrected chi connectivity index (χ4v) is 2.66. The van der Waals surface area contributed by atoms with Gasteiger partial charge in [-0.3, -0.25) is 0 Å². The lowest BCUT2D eigenvalue weighted by molar-refractivity contribution is 0.0828. The van der Waals surface area contributed by atoms with Crippen molar-refractivity contribution in [3.63, 3.8) is 0 Å². The zero-order chi connectivity index (χ0) is 13.3. The lowest BCUT2D eigenvalue weighted by Gasteiger charge is -2.40.